The summed E-state index contributed by atoms with van der Waals surface area (Å²) in [7, 11) is 0. The summed E-state index contributed by atoms with van der Waals surface area (Å²) in [6.07, 6.45) is -9.26. The van der Waals surface area contributed by atoms with Crippen LogP contribution in [0.15, 0.2) is 36.4 Å². The maximum Gasteiger partial charge on any atom is 0.422 e. The summed E-state index contributed by atoms with van der Waals surface area (Å²) in [5.41, 5.74) is 1.43. The monoisotopic (exact) mass is 472 g/mol. The normalized spacial score (nSPS) is 11.7. The van der Waals surface area contributed by atoms with Crippen molar-refractivity contribution in [1.82, 2.24) is 0 Å². The minimum atomic E-state index is -4.63. The van der Waals surface area contributed by atoms with Gasteiger partial charge in [0.05, 0.1) is 0 Å². The molecule has 0 radical (unpaired) electrons. The molecule has 0 fully saturated rings. The lowest BCUT2D eigenvalue weighted by Gasteiger charge is -2.16. The van der Waals surface area contributed by atoms with Gasteiger partial charge in [-0.05, 0) is 36.8 Å². The fourth-order valence-corrected chi connectivity index (χ4v) is 2.55. The highest BCUT2D eigenvalue weighted by molar-refractivity contribution is 7.80. The molecule has 0 aliphatic rings. The molecule has 0 heterocycles. The van der Waals surface area contributed by atoms with E-state index in [0.29, 0.717) is 10.7 Å². The lowest BCUT2D eigenvalue weighted by molar-refractivity contribution is -0.153. The summed E-state index contributed by atoms with van der Waals surface area (Å²) >= 11 is 11.1. The van der Waals surface area contributed by atoms with Crippen LogP contribution in [-0.4, -0.2) is 30.7 Å². The van der Waals surface area contributed by atoms with Crippen LogP contribution in [-0.2, 0) is 0 Å². The summed E-state index contributed by atoms with van der Waals surface area (Å²) < 4.78 is 83.7. The van der Waals surface area contributed by atoms with Crippen LogP contribution in [0, 0.1) is 6.92 Å². The average molecular weight is 473 g/mol. The van der Waals surface area contributed by atoms with Gasteiger partial charge in [0.1, 0.15) is 11.5 Å². The van der Waals surface area contributed by atoms with Gasteiger partial charge in [-0.2, -0.15) is 26.3 Å². The lowest BCUT2D eigenvalue weighted by atomic mass is 10.2. The number of hydrogen-bond donors (Lipinski definition) is 2. The minimum absolute atomic E-state index is 0.0232. The number of thiocarbonyl (C=S) groups is 1. The maximum atomic E-state index is 12.4. The molecule has 2 rings (SSSR count). The van der Waals surface area contributed by atoms with Gasteiger partial charge < -0.3 is 20.1 Å². The molecule has 0 spiro atoms. The molecule has 0 amide bonds. The number of alkyl halides is 6. The summed E-state index contributed by atoms with van der Waals surface area (Å²) in [6.45, 7) is -1.46. The third-order valence-electron chi connectivity index (χ3n) is 3.39. The van der Waals surface area contributed by atoms with E-state index in [2.05, 4.69) is 20.1 Å². The van der Waals surface area contributed by atoms with Crippen molar-refractivity contribution in [2.75, 3.05) is 23.8 Å². The van der Waals surface area contributed by atoms with Gasteiger partial charge in [-0.15, -0.1) is 0 Å². The Hall–Kier alpha value is -2.40. The second-order valence-electron chi connectivity index (χ2n) is 6.04. The van der Waals surface area contributed by atoms with Gasteiger partial charge in [0.15, 0.2) is 18.3 Å². The third-order valence-corrected chi connectivity index (χ3v) is 3.83. The Morgan fingerprint density at radius 1 is 0.900 bits per heavy atom. The molecule has 0 unspecified atom stereocenters. The van der Waals surface area contributed by atoms with Crippen molar-refractivity contribution in [2.45, 2.75) is 19.3 Å². The molecular weight excluding hydrogens is 458 g/mol. The number of benzene rings is 2. The second-order valence-corrected chi connectivity index (χ2v) is 6.88. The van der Waals surface area contributed by atoms with Crippen molar-refractivity contribution in [3.05, 3.63) is 47.0 Å². The molecule has 0 bridgehead atoms. The molecule has 0 aromatic heterocycles. The molecule has 0 atom stereocenters. The van der Waals surface area contributed by atoms with Crippen molar-refractivity contribution in [3.63, 3.8) is 0 Å². The zero-order valence-corrected chi connectivity index (χ0v) is 16.8. The fourth-order valence-electron chi connectivity index (χ4n) is 2.15. The predicted octanol–water partition coefficient (Wildman–Crippen LogP) is 6.34. The molecule has 2 N–H and O–H groups in total. The summed E-state index contributed by atoms with van der Waals surface area (Å²) in [6, 6.07) is 8.22. The highest BCUT2D eigenvalue weighted by atomic mass is 35.5. The van der Waals surface area contributed by atoms with E-state index in [1.54, 1.807) is 25.1 Å². The van der Waals surface area contributed by atoms with Crippen LogP contribution in [0.25, 0.3) is 0 Å². The molecule has 30 heavy (non-hydrogen) atoms. The van der Waals surface area contributed by atoms with Gasteiger partial charge in [-0.25, -0.2) is 0 Å². The zero-order valence-electron chi connectivity index (χ0n) is 15.2. The number of anilines is 2. The number of halogens is 7. The predicted molar refractivity (Wildman–Crippen MR) is 106 cm³/mol. The van der Waals surface area contributed by atoms with Gasteiger partial charge in [0.2, 0.25) is 0 Å². The average Bonchev–Trinajstić information content (AvgIpc) is 2.60. The van der Waals surface area contributed by atoms with Crippen LogP contribution < -0.4 is 20.1 Å². The molecule has 0 saturated carbocycles. The third kappa shape index (κ3) is 8.54. The Labute approximate surface area is 178 Å². The molecule has 2 aromatic rings. The Balaban J connectivity index is 2.18. The van der Waals surface area contributed by atoms with E-state index in [-0.39, 0.29) is 22.3 Å². The van der Waals surface area contributed by atoms with Gasteiger partial charge >= 0.3 is 12.4 Å². The first-order chi connectivity index (χ1) is 13.8. The van der Waals surface area contributed by atoms with Crippen LogP contribution in [0.1, 0.15) is 5.56 Å². The smallest absolute Gasteiger partial charge is 0.422 e. The van der Waals surface area contributed by atoms with Gasteiger partial charge in [0, 0.05) is 34.6 Å². The molecule has 0 saturated heterocycles. The lowest BCUT2D eigenvalue weighted by Crippen LogP contribution is -2.21. The van der Waals surface area contributed by atoms with E-state index in [4.69, 9.17) is 23.8 Å². The molecule has 0 aliphatic carbocycles. The van der Waals surface area contributed by atoms with Gasteiger partial charge in [0.25, 0.3) is 0 Å². The quantitative estimate of drug-likeness (QED) is 0.379. The van der Waals surface area contributed by atoms with Crippen molar-refractivity contribution in [1.29, 1.82) is 0 Å². The van der Waals surface area contributed by atoms with Crippen LogP contribution in [0.4, 0.5) is 37.7 Å². The Kier molecular flexibility index (Phi) is 7.64. The maximum absolute atomic E-state index is 12.4. The molecular formula is C18H15ClF6N2O2S. The summed E-state index contributed by atoms with van der Waals surface area (Å²) in [4.78, 5) is 0. The topological polar surface area (TPSA) is 42.5 Å². The Bertz CT molecular complexity index is 869. The molecule has 164 valence electrons. The van der Waals surface area contributed by atoms with Crippen LogP contribution in [0.3, 0.4) is 0 Å². The van der Waals surface area contributed by atoms with E-state index < -0.39 is 25.6 Å². The molecule has 2 aromatic carbocycles. The molecule has 4 nitrogen and oxygen atoms in total. The molecule has 0 aliphatic heterocycles. The van der Waals surface area contributed by atoms with Crippen LogP contribution in [0.5, 0.6) is 11.5 Å². The van der Waals surface area contributed by atoms with Crippen molar-refractivity contribution in [2.24, 2.45) is 0 Å². The van der Waals surface area contributed by atoms with Crippen molar-refractivity contribution in [3.8, 4) is 11.5 Å². The van der Waals surface area contributed by atoms with Crippen molar-refractivity contribution >= 4 is 40.3 Å². The fraction of sp³-hybridized carbons (Fsp3) is 0.278. The minimum Gasteiger partial charge on any atom is -0.484 e. The number of ether oxygens (including phenoxy) is 2. The number of rotatable bonds is 6. The second kappa shape index (κ2) is 9.61. The van der Waals surface area contributed by atoms with E-state index in [1.165, 1.54) is 0 Å². The largest absolute Gasteiger partial charge is 0.484 e. The summed E-state index contributed by atoms with van der Waals surface area (Å²) in [5, 5.41) is 5.98. The van der Waals surface area contributed by atoms with Crippen LogP contribution in [0.2, 0.25) is 5.02 Å². The van der Waals surface area contributed by atoms with Crippen LogP contribution >= 0.6 is 23.8 Å². The van der Waals surface area contributed by atoms with Crippen molar-refractivity contribution < 1.29 is 35.8 Å². The first-order valence-electron chi connectivity index (χ1n) is 8.19. The van der Waals surface area contributed by atoms with Gasteiger partial charge in [-0.1, -0.05) is 17.7 Å². The van der Waals surface area contributed by atoms with Gasteiger partial charge in [-0.3, -0.25) is 0 Å². The molecule has 12 heteroatoms. The first kappa shape index (κ1) is 23.9. The number of hydrogen-bond acceptors (Lipinski definition) is 3. The van der Waals surface area contributed by atoms with E-state index >= 15 is 0 Å². The first-order valence-corrected chi connectivity index (χ1v) is 8.98. The number of aryl methyl sites for hydroxylation is 1. The highest BCUT2D eigenvalue weighted by Gasteiger charge is 2.30. The van der Waals surface area contributed by atoms with E-state index in [0.717, 1.165) is 23.8 Å². The summed E-state index contributed by atoms with van der Waals surface area (Å²) in [5.74, 6) is -0.701. The SMILES string of the molecule is Cc1ccc(Cl)cc1NC(=S)Nc1cc(OCC(F)(F)F)cc(OCC(F)(F)F)c1. The highest BCUT2D eigenvalue weighted by Crippen LogP contribution is 2.29. The Morgan fingerprint density at radius 2 is 1.43 bits per heavy atom. The number of nitrogens with one attached hydrogen (secondary N) is 2. The van der Waals surface area contributed by atoms with E-state index in [1.807, 2.05) is 0 Å². The standard InChI is InChI=1S/C18H15ClF6N2O2S/c1-10-2-3-11(19)4-15(10)27-16(30)26-12-5-13(28-8-17(20,21)22)7-14(6-12)29-9-18(23,24)25/h2-7H,8-9H2,1H3,(H2,26,27,30). The zero-order chi connectivity index (χ0) is 22.5. The van der Waals surface area contributed by atoms with E-state index in [9.17, 15) is 26.3 Å². The Morgan fingerprint density at radius 3 is 1.93 bits per heavy atom.